The van der Waals surface area contributed by atoms with Crippen molar-refractivity contribution in [3.8, 4) is 0 Å². The van der Waals surface area contributed by atoms with Crippen molar-refractivity contribution in [2.75, 3.05) is 11.5 Å². The van der Waals surface area contributed by atoms with Gasteiger partial charge in [-0.1, -0.05) is 168 Å². The van der Waals surface area contributed by atoms with E-state index in [1.54, 1.807) is 0 Å². The minimum atomic E-state index is 0.337. The molecule has 0 aliphatic carbocycles. The van der Waals surface area contributed by atoms with Gasteiger partial charge in [0.25, 0.3) is 0 Å². The van der Waals surface area contributed by atoms with Gasteiger partial charge >= 0.3 is 0 Å². The molecular formula is C48H92O4S2. The number of hydrogen-bond acceptors (Lipinski definition) is 6. The van der Waals surface area contributed by atoms with Crippen LogP contribution in [0, 0.1) is 0 Å². The van der Waals surface area contributed by atoms with Gasteiger partial charge in [-0.15, -0.1) is 0 Å². The Hall–Kier alpha value is -0.620. The van der Waals surface area contributed by atoms with Crippen LogP contribution in [0.2, 0.25) is 0 Å². The summed E-state index contributed by atoms with van der Waals surface area (Å²) in [7, 11) is 0. The SMILES string of the molecule is CCCCCC(=O)CCCC(=O)CCCCCCCCCCS.CCCCCCCCCCCCCC(=O)CCCC(=O)CCCCCCCCCCS. The first-order valence-electron chi connectivity index (χ1n) is 23.7. The molecule has 0 saturated heterocycles. The standard InChI is InChI=1S/C28H54O2S.C20H38O2S/c1-2-3-4-5-6-7-8-9-12-15-18-22-27(29)24-21-25-28(30)23-19-16-13-10-11-14-17-20-26-31;1-2-3-10-14-19(21)16-13-17-20(22)15-11-8-6-4-5-7-9-12-18-23/h31H,2-26H2,1H3;23H,2-18H2,1H3. The molecule has 0 aliphatic heterocycles. The summed E-state index contributed by atoms with van der Waals surface area (Å²) in [5.74, 6) is 3.42. The van der Waals surface area contributed by atoms with Gasteiger partial charge in [0.1, 0.15) is 23.1 Å². The Balaban J connectivity index is 0. The van der Waals surface area contributed by atoms with Gasteiger partial charge in [0.05, 0.1) is 0 Å². The van der Waals surface area contributed by atoms with Crippen LogP contribution in [0.15, 0.2) is 0 Å². The number of rotatable bonds is 44. The fourth-order valence-electron chi connectivity index (χ4n) is 7.01. The average Bonchev–Trinajstić information content (AvgIpc) is 3.16. The average molecular weight is 797 g/mol. The van der Waals surface area contributed by atoms with E-state index in [-0.39, 0.29) is 0 Å². The van der Waals surface area contributed by atoms with E-state index in [2.05, 4.69) is 39.1 Å². The van der Waals surface area contributed by atoms with E-state index < -0.39 is 0 Å². The third-order valence-corrected chi connectivity index (χ3v) is 11.3. The normalized spacial score (nSPS) is 11.0. The highest BCUT2D eigenvalue weighted by atomic mass is 32.1. The second-order valence-corrected chi connectivity index (χ2v) is 17.1. The predicted octanol–water partition coefficient (Wildman–Crippen LogP) is 15.8. The van der Waals surface area contributed by atoms with Crippen LogP contribution in [-0.2, 0) is 19.2 Å². The number of thiol groups is 2. The molecule has 0 N–H and O–H groups in total. The maximum Gasteiger partial charge on any atom is 0.132 e. The Kier molecular flexibility index (Phi) is 49.9. The fourth-order valence-corrected chi connectivity index (χ4v) is 7.46. The van der Waals surface area contributed by atoms with Gasteiger partial charge in [-0.3, -0.25) is 19.2 Å². The Bertz CT molecular complexity index is 815. The van der Waals surface area contributed by atoms with E-state index in [0.717, 1.165) is 69.3 Å². The molecule has 0 aromatic heterocycles. The lowest BCUT2D eigenvalue weighted by molar-refractivity contribution is -0.122. The van der Waals surface area contributed by atoms with E-state index in [1.165, 1.54) is 154 Å². The molecule has 0 aliphatic rings. The molecular weight excluding hydrogens is 705 g/mol. The second-order valence-electron chi connectivity index (χ2n) is 16.2. The molecule has 54 heavy (non-hydrogen) atoms. The molecule has 0 fully saturated rings. The van der Waals surface area contributed by atoms with E-state index in [1.807, 2.05) is 0 Å². The van der Waals surface area contributed by atoms with Gasteiger partial charge in [-0.25, -0.2) is 0 Å². The molecule has 4 nitrogen and oxygen atoms in total. The second kappa shape index (κ2) is 48.5. The van der Waals surface area contributed by atoms with E-state index in [4.69, 9.17) is 0 Å². The molecule has 0 amide bonds. The number of hydrogen-bond donors (Lipinski definition) is 2. The lowest BCUT2D eigenvalue weighted by Gasteiger charge is -2.04. The largest absolute Gasteiger partial charge is 0.300 e. The first kappa shape index (κ1) is 55.5. The van der Waals surface area contributed by atoms with Crippen LogP contribution < -0.4 is 0 Å². The van der Waals surface area contributed by atoms with Crippen molar-refractivity contribution < 1.29 is 19.2 Å². The van der Waals surface area contributed by atoms with Crippen molar-refractivity contribution in [1.29, 1.82) is 0 Å². The van der Waals surface area contributed by atoms with Crippen LogP contribution in [0.3, 0.4) is 0 Å². The zero-order valence-electron chi connectivity index (χ0n) is 36.2. The quantitative estimate of drug-likeness (QED) is 0.0476. The van der Waals surface area contributed by atoms with Gasteiger partial charge in [0.2, 0.25) is 0 Å². The first-order chi connectivity index (χ1) is 26.4. The number of unbranched alkanes of at least 4 members (excludes halogenated alkanes) is 26. The highest BCUT2D eigenvalue weighted by molar-refractivity contribution is 7.80. The van der Waals surface area contributed by atoms with Crippen LogP contribution in [0.25, 0.3) is 0 Å². The van der Waals surface area contributed by atoms with Gasteiger partial charge in [0, 0.05) is 51.4 Å². The fraction of sp³-hybridized carbons (Fsp3) is 0.917. The lowest BCUT2D eigenvalue weighted by Crippen LogP contribution is -2.02. The molecule has 0 atom stereocenters. The molecule has 0 radical (unpaired) electrons. The van der Waals surface area contributed by atoms with E-state index in [9.17, 15) is 19.2 Å². The molecule has 0 aromatic rings. The van der Waals surface area contributed by atoms with Crippen LogP contribution >= 0.6 is 25.3 Å². The lowest BCUT2D eigenvalue weighted by atomic mass is 10.0. The van der Waals surface area contributed by atoms with Crippen molar-refractivity contribution in [2.24, 2.45) is 0 Å². The number of carbonyl (C=O) groups excluding carboxylic acids is 4. The van der Waals surface area contributed by atoms with Gasteiger partial charge in [-0.05, 0) is 62.9 Å². The molecule has 320 valence electrons. The third-order valence-electron chi connectivity index (χ3n) is 10.7. The summed E-state index contributed by atoms with van der Waals surface area (Å²) in [6, 6.07) is 0. The van der Waals surface area contributed by atoms with Gasteiger partial charge in [-0.2, -0.15) is 25.3 Å². The van der Waals surface area contributed by atoms with Crippen molar-refractivity contribution in [1.82, 2.24) is 0 Å². The highest BCUT2D eigenvalue weighted by Crippen LogP contribution is 2.15. The predicted molar refractivity (Wildman–Crippen MR) is 244 cm³/mol. The number of carbonyl (C=O) groups is 4. The van der Waals surface area contributed by atoms with Crippen LogP contribution in [0.4, 0.5) is 0 Å². The van der Waals surface area contributed by atoms with Crippen LogP contribution in [0.5, 0.6) is 0 Å². The van der Waals surface area contributed by atoms with Crippen molar-refractivity contribution in [3.05, 3.63) is 0 Å². The van der Waals surface area contributed by atoms with Gasteiger partial charge < -0.3 is 0 Å². The zero-order chi connectivity index (χ0) is 40.0. The minimum absolute atomic E-state index is 0.337. The molecule has 0 aromatic carbocycles. The minimum Gasteiger partial charge on any atom is -0.300 e. The van der Waals surface area contributed by atoms with Crippen LogP contribution in [0.1, 0.15) is 271 Å². The van der Waals surface area contributed by atoms with E-state index >= 15 is 0 Å². The van der Waals surface area contributed by atoms with E-state index in [0.29, 0.717) is 68.1 Å². The molecule has 0 unspecified atom stereocenters. The third kappa shape index (κ3) is 49.4. The Morgan fingerprint density at radius 1 is 0.241 bits per heavy atom. The topological polar surface area (TPSA) is 68.3 Å². The molecule has 0 bridgehead atoms. The van der Waals surface area contributed by atoms with Gasteiger partial charge in [0.15, 0.2) is 0 Å². The summed E-state index contributed by atoms with van der Waals surface area (Å²) in [5, 5.41) is 0. The maximum atomic E-state index is 12.0. The Labute approximate surface area is 348 Å². The maximum absolute atomic E-state index is 12.0. The number of Topliss-reactive ketones (excluding diaryl/α,β-unsaturated/α-hetero) is 4. The first-order valence-corrected chi connectivity index (χ1v) is 25.0. The molecule has 0 spiro atoms. The van der Waals surface area contributed by atoms with Crippen molar-refractivity contribution >= 4 is 48.4 Å². The van der Waals surface area contributed by atoms with Crippen LogP contribution in [-0.4, -0.2) is 34.6 Å². The summed E-state index contributed by atoms with van der Waals surface area (Å²) >= 11 is 8.45. The smallest absolute Gasteiger partial charge is 0.132 e. The monoisotopic (exact) mass is 797 g/mol. The Morgan fingerprint density at radius 2 is 0.407 bits per heavy atom. The molecule has 6 heteroatoms. The molecule has 0 saturated carbocycles. The summed E-state index contributed by atoms with van der Waals surface area (Å²) in [6.07, 6.45) is 44.5. The Morgan fingerprint density at radius 3 is 0.648 bits per heavy atom. The summed E-state index contributed by atoms with van der Waals surface area (Å²) in [4.78, 5) is 47.4. The molecule has 0 heterocycles. The van der Waals surface area contributed by atoms with Crippen molar-refractivity contribution in [3.63, 3.8) is 0 Å². The van der Waals surface area contributed by atoms with Crippen molar-refractivity contribution in [2.45, 2.75) is 271 Å². The summed E-state index contributed by atoms with van der Waals surface area (Å²) < 4.78 is 0. The number of ketones is 4. The highest BCUT2D eigenvalue weighted by Gasteiger charge is 2.07. The summed E-state index contributed by atoms with van der Waals surface area (Å²) in [6.45, 7) is 4.41. The molecule has 0 rings (SSSR count). The summed E-state index contributed by atoms with van der Waals surface area (Å²) in [5.41, 5.74) is 0. The zero-order valence-corrected chi connectivity index (χ0v) is 38.0.